The first kappa shape index (κ1) is 39.9. The van der Waals surface area contributed by atoms with Crippen LogP contribution >= 0.6 is 0 Å². The highest BCUT2D eigenvalue weighted by Gasteiger charge is 2.26. The number of fused-ring (bicyclic) bond motifs is 9. The number of hydrogen-bond acceptors (Lipinski definition) is 2. The van der Waals surface area contributed by atoms with Gasteiger partial charge in [-0.2, -0.15) is 0 Å². The lowest BCUT2D eigenvalue weighted by atomic mass is 9.94. The lowest BCUT2D eigenvalue weighted by molar-refractivity contribution is 0.670. The van der Waals surface area contributed by atoms with Crippen molar-refractivity contribution in [3.05, 3.63) is 261 Å². The number of benzene rings is 13. The number of nitrogens with zero attached hydrogens (tertiary/aromatic N) is 1. The van der Waals surface area contributed by atoms with Crippen LogP contribution in [0, 0.1) is 0 Å². The summed E-state index contributed by atoms with van der Waals surface area (Å²) in [5.74, 6) is 0. The molecule has 0 radical (unpaired) electrons. The fourth-order valence-electron chi connectivity index (χ4n) is 10.8. The van der Waals surface area contributed by atoms with Crippen molar-refractivity contribution in [3.63, 3.8) is 0 Å². The molecule has 1 aromatic heterocycles. The molecule has 14 aromatic rings. The van der Waals surface area contributed by atoms with Crippen molar-refractivity contribution in [1.29, 1.82) is 0 Å². The predicted octanol–water partition coefficient (Wildman–Crippen LogP) is 19.5. The summed E-state index contributed by atoms with van der Waals surface area (Å²) in [5, 5.41) is 14.2. The van der Waals surface area contributed by atoms with E-state index in [-0.39, 0.29) is 0 Å². The molecule has 1 heterocycles. The van der Waals surface area contributed by atoms with Gasteiger partial charge in [0.15, 0.2) is 5.58 Å². The second-order valence-electron chi connectivity index (χ2n) is 18.5. The molecule has 13 aromatic carbocycles. The van der Waals surface area contributed by atoms with Gasteiger partial charge in [0.1, 0.15) is 5.58 Å². The highest BCUT2D eigenvalue weighted by atomic mass is 16.3. The Labute approximate surface area is 405 Å². The monoisotopic (exact) mass is 889 g/mol. The minimum Gasteiger partial charge on any atom is -0.453 e. The summed E-state index contributed by atoms with van der Waals surface area (Å²) in [6, 6.07) is 95.1. The minimum absolute atomic E-state index is 0.844. The van der Waals surface area contributed by atoms with Crippen molar-refractivity contribution < 1.29 is 4.42 Å². The fraction of sp³-hybridized carbons (Fsp3) is 0. The van der Waals surface area contributed by atoms with E-state index in [2.05, 4.69) is 266 Å². The molecule has 0 spiro atoms. The molecule has 14 rings (SSSR count). The normalized spacial score (nSPS) is 11.7. The van der Waals surface area contributed by atoms with Crippen LogP contribution in [0.3, 0.4) is 0 Å². The van der Waals surface area contributed by atoms with Gasteiger partial charge in [-0.25, -0.2) is 0 Å². The maximum Gasteiger partial charge on any atom is 0.160 e. The molecule has 0 amide bonds. The van der Waals surface area contributed by atoms with Gasteiger partial charge in [-0.3, -0.25) is 0 Å². The smallest absolute Gasteiger partial charge is 0.160 e. The summed E-state index contributed by atoms with van der Waals surface area (Å²) < 4.78 is 7.34. The van der Waals surface area contributed by atoms with E-state index in [1.54, 1.807) is 0 Å². The first-order chi connectivity index (χ1) is 34.7. The second kappa shape index (κ2) is 16.2. The molecule has 326 valence electrons. The van der Waals surface area contributed by atoms with E-state index < -0.39 is 0 Å². The van der Waals surface area contributed by atoms with E-state index in [1.165, 1.54) is 54.4 Å². The van der Waals surface area contributed by atoms with Gasteiger partial charge in [-0.15, -0.1) is 0 Å². The standard InChI is InChI=1S/C68H43NO/c1-2-15-47(16-3-1)61-23-12-24-62-66-60-22-11-10-21-57(60)43-65(68(66)70-67(61)62)69(64-42-51-20-9-8-19-50(51)41-63(64)58-32-26-45-14-5-7-18-49(45)40-58)59-35-33-46(34-36-59)52-28-29-55-39-56(31-30-54(55)38-52)53-27-25-44-13-4-6-17-48(44)37-53/h1-43H. The first-order valence-corrected chi connectivity index (χ1v) is 24.0. The molecule has 0 saturated carbocycles. The number of furan rings is 1. The Kier molecular flexibility index (Phi) is 9.25. The fourth-order valence-corrected chi connectivity index (χ4v) is 10.8. The van der Waals surface area contributed by atoms with E-state index in [0.717, 1.165) is 83.0 Å². The zero-order valence-electron chi connectivity index (χ0n) is 38.2. The molecular weight excluding hydrogens is 847 g/mol. The van der Waals surface area contributed by atoms with Gasteiger partial charge in [0.2, 0.25) is 0 Å². The summed E-state index contributed by atoms with van der Waals surface area (Å²) >= 11 is 0. The third kappa shape index (κ3) is 6.72. The van der Waals surface area contributed by atoms with Crippen LogP contribution < -0.4 is 4.90 Å². The van der Waals surface area contributed by atoms with Crippen molar-refractivity contribution in [3.8, 4) is 44.5 Å². The van der Waals surface area contributed by atoms with Gasteiger partial charge in [0.05, 0.1) is 11.4 Å². The maximum atomic E-state index is 7.34. The Hall–Kier alpha value is -9.24. The third-order valence-electron chi connectivity index (χ3n) is 14.3. The third-order valence-corrected chi connectivity index (χ3v) is 14.3. The van der Waals surface area contributed by atoms with Gasteiger partial charge >= 0.3 is 0 Å². The largest absolute Gasteiger partial charge is 0.453 e. The molecule has 0 N–H and O–H groups in total. The summed E-state index contributed by atoms with van der Waals surface area (Å²) in [6.45, 7) is 0. The number of hydrogen-bond donors (Lipinski definition) is 0. The van der Waals surface area contributed by atoms with Crippen molar-refractivity contribution in [2.75, 3.05) is 4.90 Å². The molecule has 0 aliphatic rings. The second-order valence-corrected chi connectivity index (χ2v) is 18.5. The number of rotatable bonds is 7. The highest BCUT2D eigenvalue weighted by Crippen LogP contribution is 2.50. The van der Waals surface area contributed by atoms with Crippen LogP contribution in [0.2, 0.25) is 0 Å². The van der Waals surface area contributed by atoms with Crippen LogP contribution in [0.25, 0.3) is 120 Å². The lowest BCUT2D eigenvalue weighted by Crippen LogP contribution is -2.12. The molecular formula is C68H43NO. The zero-order chi connectivity index (χ0) is 46.1. The molecule has 70 heavy (non-hydrogen) atoms. The number of para-hydroxylation sites is 1. The molecule has 0 unspecified atom stereocenters. The molecule has 0 aliphatic carbocycles. The molecule has 2 heteroatoms. The van der Waals surface area contributed by atoms with Gasteiger partial charge in [0.25, 0.3) is 0 Å². The molecule has 0 bridgehead atoms. The summed E-state index contributed by atoms with van der Waals surface area (Å²) in [4.78, 5) is 2.44. The Balaban J connectivity index is 0.972. The average Bonchev–Trinajstić information content (AvgIpc) is 3.83. The van der Waals surface area contributed by atoms with Crippen LogP contribution in [0.1, 0.15) is 0 Å². The van der Waals surface area contributed by atoms with Crippen molar-refractivity contribution in [1.82, 2.24) is 0 Å². The van der Waals surface area contributed by atoms with Crippen LogP contribution in [0.4, 0.5) is 17.1 Å². The zero-order valence-corrected chi connectivity index (χ0v) is 38.2. The van der Waals surface area contributed by atoms with Crippen LogP contribution in [0.5, 0.6) is 0 Å². The molecule has 2 nitrogen and oxygen atoms in total. The minimum atomic E-state index is 0.844. The Morgan fingerprint density at radius 1 is 0.243 bits per heavy atom. The summed E-state index contributed by atoms with van der Waals surface area (Å²) in [7, 11) is 0. The summed E-state index contributed by atoms with van der Waals surface area (Å²) in [6.07, 6.45) is 0. The van der Waals surface area contributed by atoms with Crippen molar-refractivity contribution >= 4 is 92.9 Å². The van der Waals surface area contributed by atoms with Gasteiger partial charge in [0, 0.05) is 27.6 Å². The van der Waals surface area contributed by atoms with E-state index in [4.69, 9.17) is 4.42 Å². The van der Waals surface area contributed by atoms with Crippen LogP contribution in [0.15, 0.2) is 265 Å². The molecule has 0 aliphatic heterocycles. The quantitative estimate of drug-likeness (QED) is 0.159. The van der Waals surface area contributed by atoms with E-state index >= 15 is 0 Å². The van der Waals surface area contributed by atoms with E-state index in [0.29, 0.717) is 0 Å². The topological polar surface area (TPSA) is 16.4 Å². The van der Waals surface area contributed by atoms with Crippen molar-refractivity contribution in [2.24, 2.45) is 0 Å². The lowest BCUT2D eigenvalue weighted by Gasteiger charge is -2.29. The van der Waals surface area contributed by atoms with E-state index in [1.807, 2.05) is 0 Å². The molecule has 0 atom stereocenters. The first-order valence-electron chi connectivity index (χ1n) is 24.0. The van der Waals surface area contributed by atoms with Crippen molar-refractivity contribution in [2.45, 2.75) is 0 Å². The molecule has 0 fully saturated rings. The summed E-state index contributed by atoms with van der Waals surface area (Å²) in [5.41, 5.74) is 14.0. The predicted molar refractivity (Wildman–Crippen MR) is 298 cm³/mol. The van der Waals surface area contributed by atoms with E-state index in [9.17, 15) is 0 Å². The number of anilines is 3. The van der Waals surface area contributed by atoms with Crippen LogP contribution in [-0.4, -0.2) is 0 Å². The average molecular weight is 890 g/mol. The molecule has 0 saturated heterocycles. The Morgan fingerprint density at radius 2 is 0.700 bits per heavy atom. The SMILES string of the molecule is c1ccc(-c2cccc3c2oc2c(N(c4ccc(-c5ccc6cc(-c7ccc8ccccc8c7)ccc6c5)cc4)c4cc5ccccc5cc4-c4ccc5ccccc5c4)cc4ccccc4c23)cc1. The van der Waals surface area contributed by atoms with Gasteiger partial charge < -0.3 is 9.32 Å². The Bertz CT molecular complexity index is 4350. The van der Waals surface area contributed by atoms with Gasteiger partial charge in [-0.05, 0) is 142 Å². The van der Waals surface area contributed by atoms with Gasteiger partial charge in [-0.1, -0.05) is 206 Å². The van der Waals surface area contributed by atoms with Crippen LogP contribution in [-0.2, 0) is 0 Å². The highest BCUT2D eigenvalue weighted by molar-refractivity contribution is 6.25. The Morgan fingerprint density at radius 3 is 1.36 bits per heavy atom. The maximum absolute atomic E-state index is 7.34.